The molecule has 2 aromatic carbocycles. The second kappa shape index (κ2) is 10.7. The molecule has 0 aliphatic rings. The maximum atomic E-state index is 11.6. The Hall–Kier alpha value is -1.79. The average Bonchev–Trinajstić information content (AvgIpc) is 2.67. The van der Waals surface area contributed by atoms with Crippen molar-refractivity contribution in [3.05, 3.63) is 63.1 Å². The summed E-state index contributed by atoms with van der Waals surface area (Å²) in [6, 6.07) is 10.9. The molecule has 2 aromatic rings. The number of hydrogen-bond donors (Lipinski definition) is 2. The number of hydrazine groups is 1. The summed E-state index contributed by atoms with van der Waals surface area (Å²) in [5.74, 6) is -0.305. The summed E-state index contributed by atoms with van der Waals surface area (Å²) >= 11 is 12.5. The van der Waals surface area contributed by atoms with Crippen molar-refractivity contribution in [1.29, 1.82) is 0 Å². The quantitative estimate of drug-likeness (QED) is 0.459. The van der Waals surface area contributed by atoms with Crippen LogP contribution in [0.3, 0.4) is 0 Å². The Morgan fingerprint density at radius 1 is 1.29 bits per heavy atom. The highest BCUT2D eigenvalue weighted by Crippen LogP contribution is 2.29. The summed E-state index contributed by atoms with van der Waals surface area (Å²) in [5.41, 5.74) is 6.58. The lowest BCUT2D eigenvalue weighted by atomic mass is 10.0. The van der Waals surface area contributed by atoms with Gasteiger partial charge in [0, 0.05) is 18.1 Å². The van der Waals surface area contributed by atoms with Gasteiger partial charge >= 0.3 is 5.97 Å². The molecular formula is C21H26Cl2N2O3. The number of nitrogens with one attached hydrogen (secondary N) is 1. The van der Waals surface area contributed by atoms with Crippen LogP contribution >= 0.6 is 23.2 Å². The highest BCUT2D eigenvalue weighted by Gasteiger charge is 2.16. The van der Waals surface area contributed by atoms with Gasteiger partial charge in [0.05, 0.1) is 30.3 Å². The molecule has 0 saturated heterocycles. The first-order chi connectivity index (χ1) is 13.3. The largest absolute Gasteiger partial charge is 0.469 e. The van der Waals surface area contributed by atoms with E-state index < -0.39 is 6.10 Å². The van der Waals surface area contributed by atoms with E-state index in [1.54, 1.807) is 18.2 Å². The number of methoxy groups -OCH3 is 1. The summed E-state index contributed by atoms with van der Waals surface area (Å²) < 4.78 is 4.74. The Morgan fingerprint density at radius 3 is 2.68 bits per heavy atom. The van der Waals surface area contributed by atoms with Gasteiger partial charge in [-0.05, 0) is 54.3 Å². The Morgan fingerprint density at radius 2 is 2.04 bits per heavy atom. The van der Waals surface area contributed by atoms with Crippen LogP contribution in [0.1, 0.15) is 36.1 Å². The van der Waals surface area contributed by atoms with Crippen LogP contribution in [-0.4, -0.2) is 31.3 Å². The zero-order valence-electron chi connectivity index (χ0n) is 16.3. The molecule has 0 bridgehead atoms. The first-order valence-electron chi connectivity index (χ1n) is 9.16. The number of aliphatic hydroxyl groups excluding tert-OH is 1. The maximum absolute atomic E-state index is 11.6. The van der Waals surface area contributed by atoms with Crippen LogP contribution in [0.15, 0.2) is 36.4 Å². The molecule has 2 rings (SSSR count). The second-order valence-corrected chi connectivity index (χ2v) is 7.41. The van der Waals surface area contributed by atoms with Crippen molar-refractivity contribution in [3.63, 3.8) is 0 Å². The first kappa shape index (κ1) is 22.5. The van der Waals surface area contributed by atoms with Gasteiger partial charge < -0.3 is 14.9 Å². The van der Waals surface area contributed by atoms with Crippen LogP contribution in [-0.2, 0) is 16.0 Å². The number of aryl methyl sites for hydroxylation is 1. The van der Waals surface area contributed by atoms with Crippen molar-refractivity contribution < 1.29 is 14.6 Å². The number of nitrogens with zero attached hydrogens (tertiary/aromatic N) is 1. The minimum Gasteiger partial charge on any atom is -0.469 e. The summed E-state index contributed by atoms with van der Waals surface area (Å²) in [6.45, 7) is 5.01. The molecule has 0 amide bonds. The number of carbonyl (C=O) groups is 1. The van der Waals surface area contributed by atoms with E-state index in [9.17, 15) is 9.90 Å². The highest BCUT2D eigenvalue weighted by molar-refractivity contribution is 6.33. The Balaban J connectivity index is 2.16. The molecule has 152 valence electrons. The van der Waals surface area contributed by atoms with Gasteiger partial charge in [-0.2, -0.15) is 0 Å². The van der Waals surface area contributed by atoms with Crippen LogP contribution in [0.25, 0.3) is 0 Å². The number of benzene rings is 2. The van der Waals surface area contributed by atoms with E-state index in [1.807, 2.05) is 30.1 Å². The highest BCUT2D eigenvalue weighted by atomic mass is 35.5. The van der Waals surface area contributed by atoms with Crippen molar-refractivity contribution in [1.82, 2.24) is 5.43 Å². The van der Waals surface area contributed by atoms with Crippen molar-refractivity contribution in [2.75, 3.05) is 25.2 Å². The molecule has 0 fully saturated rings. The number of ether oxygens (including phenoxy) is 1. The number of aliphatic hydroxyl groups is 1. The van der Waals surface area contributed by atoms with Gasteiger partial charge in [0.2, 0.25) is 0 Å². The van der Waals surface area contributed by atoms with E-state index in [2.05, 4.69) is 12.3 Å². The van der Waals surface area contributed by atoms with Gasteiger partial charge in [-0.15, -0.1) is 0 Å². The Labute approximate surface area is 176 Å². The average molecular weight is 425 g/mol. The predicted octanol–water partition coefficient (Wildman–Crippen LogP) is 4.47. The minimum atomic E-state index is -0.712. The lowest BCUT2D eigenvalue weighted by Crippen LogP contribution is -2.41. The van der Waals surface area contributed by atoms with Crippen LogP contribution in [0.4, 0.5) is 5.69 Å². The minimum absolute atomic E-state index is 0.178. The van der Waals surface area contributed by atoms with Gasteiger partial charge in [-0.1, -0.05) is 42.3 Å². The molecule has 7 heteroatoms. The number of rotatable bonds is 9. The summed E-state index contributed by atoms with van der Waals surface area (Å²) in [6.07, 6.45) is 0.354. The molecule has 0 aromatic heterocycles. The monoisotopic (exact) mass is 424 g/mol. The molecule has 0 radical (unpaired) electrons. The molecule has 0 aliphatic carbocycles. The molecule has 0 spiro atoms. The fraction of sp³-hybridized carbons (Fsp3) is 0.381. The fourth-order valence-corrected chi connectivity index (χ4v) is 3.36. The summed E-state index contributed by atoms with van der Waals surface area (Å²) in [5, 5.41) is 13.5. The number of carbonyl (C=O) groups excluding carboxylic acids is 1. The molecule has 0 heterocycles. The SMILES string of the molecule is CCCN(NCC(O)c1cccc(Cl)c1)c1cc(C)c(CC(=O)OC)cc1Cl. The van der Waals surface area contributed by atoms with E-state index >= 15 is 0 Å². The van der Waals surface area contributed by atoms with Crippen LogP contribution in [0.2, 0.25) is 10.0 Å². The third kappa shape index (κ3) is 6.11. The van der Waals surface area contributed by atoms with E-state index in [4.69, 9.17) is 27.9 Å². The topological polar surface area (TPSA) is 61.8 Å². The van der Waals surface area contributed by atoms with Crippen molar-refractivity contribution >= 4 is 34.9 Å². The maximum Gasteiger partial charge on any atom is 0.309 e. The van der Waals surface area contributed by atoms with Crippen LogP contribution in [0.5, 0.6) is 0 Å². The van der Waals surface area contributed by atoms with Crippen LogP contribution in [0, 0.1) is 6.92 Å². The third-order valence-electron chi connectivity index (χ3n) is 4.41. The molecule has 1 unspecified atom stereocenters. The first-order valence-corrected chi connectivity index (χ1v) is 9.91. The fourth-order valence-electron chi connectivity index (χ4n) is 2.87. The number of halogens is 2. The van der Waals surface area contributed by atoms with Gasteiger partial charge in [-0.3, -0.25) is 4.79 Å². The third-order valence-corrected chi connectivity index (χ3v) is 4.95. The van der Waals surface area contributed by atoms with E-state index in [0.29, 0.717) is 23.1 Å². The zero-order chi connectivity index (χ0) is 20.7. The predicted molar refractivity (Wildman–Crippen MR) is 114 cm³/mol. The van der Waals surface area contributed by atoms with Gasteiger partial charge in [0.25, 0.3) is 0 Å². The van der Waals surface area contributed by atoms with E-state index in [-0.39, 0.29) is 12.4 Å². The van der Waals surface area contributed by atoms with Crippen LogP contribution < -0.4 is 10.4 Å². The van der Waals surface area contributed by atoms with Gasteiger partial charge in [0.1, 0.15) is 0 Å². The number of hydrogen-bond acceptors (Lipinski definition) is 5. The second-order valence-electron chi connectivity index (χ2n) is 6.57. The van der Waals surface area contributed by atoms with E-state index in [0.717, 1.165) is 28.8 Å². The van der Waals surface area contributed by atoms with Crippen molar-refractivity contribution in [3.8, 4) is 0 Å². The molecule has 1 atom stereocenters. The standard InChI is InChI=1S/C21H26Cl2N2O3/c1-4-8-25(24-13-20(26)15-6-5-7-17(22)10-15)19-9-14(2)16(11-18(19)23)12-21(27)28-3/h5-7,9-11,20,24,26H,4,8,12-13H2,1-3H3. The normalized spacial score (nSPS) is 11.9. The smallest absolute Gasteiger partial charge is 0.309 e. The molecular weight excluding hydrogens is 399 g/mol. The zero-order valence-corrected chi connectivity index (χ0v) is 17.8. The molecule has 0 aliphatic heterocycles. The number of esters is 1. The molecule has 0 saturated carbocycles. The Bertz CT molecular complexity index is 814. The lowest BCUT2D eigenvalue weighted by Gasteiger charge is -2.28. The van der Waals surface area contributed by atoms with Gasteiger partial charge in [-0.25, -0.2) is 5.43 Å². The lowest BCUT2D eigenvalue weighted by molar-refractivity contribution is -0.139. The van der Waals surface area contributed by atoms with Crippen molar-refractivity contribution in [2.45, 2.75) is 32.8 Å². The molecule has 28 heavy (non-hydrogen) atoms. The summed E-state index contributed by atoms with van der Waals surface area (Å²) in [7, 11) is 1.37. The molecule has 2 N–H and O–H groups in total. The number of anilines is 1. The van der Waals surface area contributed by atoms with Crippen molar-refractivity contribution in [2.24, 2.45) is 0 Å². The van der Waals surface area contributed by atoms with E-state index in [1.165, 1.54) is 7.11 Å². The van der Waals surface area contributed by atoms with Gasteiger partial charge in [0.15, 0.2) is 0 Å². The Kier molecular flexibility index (Phi) is 8.58. The summed E-state index contributed by atoms with van der Waals surface area (Å²) in [4.78, 5) is 11.6. The molecule has 5 nitrogen and oxygen atoms in total.